The Kier molecular flexibility index (Phi) is 8.16. The molecule has 3 heterocycles. The molecular formula is C23H22Cl3N5O3S. The second-order valence-corrected chi connectivity index (χ2v) is 10.2. The minimum atomic E-state index is -0.691. The normalized spacial score (nSPS) is 14.6. The molecule has 3 aromatic rings. The van der Waals surface area contributed by atoms with Crippen LogP contribution < -0.4 is 10.6 Å². The van der Waals surface area contributed by atoms with E-state index < -0.39 is 17.6 Å². The maximum Gasteiger partial charge on any atom is 0.260 e. The van der Waals surface area contributed by atoms with Crippen LogP contribution in [-0.2, 0) is 6.54 Å². The minimum Gasteiger partial charge on any atom is -0.507 e. The van der Waals surface area contributed by atoms with Gasteiger partial charge in [0, 0.05) is 43.9 Å². The second kappa shape index (κ2) is 11.1. The number of thiophene rings is 1. The average Bonchev–Trinajstić information content (AvgIpc) is 3.15. The molecule has 0 saturated carbocycles. The molecule has 4 rings (SSSR count). The SMILES string of the molecule is CN1CCN(Cc2csc(NC(=O)c3c(O)cc(Cl)cc3C(=O)Nc3ccc(Cl)cn3)c2Cl)CC1. The number of anilines is 2. The topological polar surface area (TPSA) is 97.8 Å². The van der Waals surface area contributed by atoms with Crippen molar-refractivity contribution in [2.45, 2.75) is 6.54 Å². The van der Waals surface area contributed by atoms with Crippen molar-refractivity contribution in [3.63, 3.8) is 0 Å². The van der Waals surface area contributed by atoms with Gasteiger partial charge in [0.25, 0.3) is 11.8 Å². The molecule has 2 amide bonds. The van der Waals surface area contributed by atoms with Gasteiger partial charge in [0.2, 0.25) is 0 Å². The summed E-state index contributed by atoms with van der Waals surface area (Å²) in [6.45, 7) is 4.51. The van der Waals surface area contributed by atoms with E-state index in [2.05, 4.69) is 32.5 Å². The summed E-state index contributed by atoms with van der Waals surface area (Å²) >= 11 is 19.7. The summed E-state index contributed by atoms with van der Waals surface area (Å²) in [4.78, 5) is 34.7. The summed E-state index contributed by atoms with van der Waals surface area (Å²) in [6, 6.07) is 5.57. The lowest BCUT2D eigenvalue weighted by Gasteiger charge is -2.32. The van der Waals surface area contributed by atoms with Crippen molar-refractivity contribution in [1.29, 1.82) is 0 Å². The Morgan fingerprint density at radius 2 is 1.80 bits per heavy atom. The molecule has 1 aromatic carbocycles. The van der Waals surface area contributed by atoms with E-state index in [4.69, 9.17) is 34.8 Å². The molecule has 0 atom stereocenters. The van der Waals surface area contributed by atoms with Gasteiger partial charge >= 0.3 is 0 Å². The molecule has 2 aromatic heterocycles. The van der Waals surface area contributed by atoms with Crippen molar-refractivity contribution in [2.75, 3.05) is 43.9 Å². The Morgan fingerprint density at radius 3 is 2.49 bits per heavy atom. The van der Waals surface area contributed by atoms with Crippen molar-refractivity contribution < 1.29 is 14.7 Å². The zero-order chi connectivity index (χ0) is 25.1. The van der Waals surface area contributed by atoms with Gasteiger partial charge in [0.15, 0.2) is 0 Å². The summed E-state index contributed by atoms with van der Waals surface area (Å²) in [7, 11) is 2.09. The Balaban J connectivity index is 1.53. The fourth-order valence-electron chi connectivity index (χ4n) is 3.63. The fourth-order valence-corrected chi connectivity index (χ4v) is 5.15. The average molecular weight is 555 g/mol. The number of amides is 2. The molecule has 8 nitrogen and oxygen atoms in total. The first kappa shape index (κ1) is 25.7. The molecule has 12 heteroatoms. The van der Waals surface area contributed by atoms with Crippen LogP contribution in [0.25, 0.3) is 0 Å². The van der Waals surface area contributed by atoms with E-state index in [0.717, 1.165) is 31.7 Å². The molecular weight excluding hydrogens is 533 g/mol. The molecule has 1 fully saturated rings. The van der Waals surface area contributed by atoms with Crippen LogP contribution >= 0.6 is 46.1 Å². The van der Waals surface area contributed by atoms with Gasteiger partial charge in [-0.3, -0.25) is 14.5 Å². The summed E-state index contributed by atoms with van der Waals surface area (Å²) in [6.07, 6.45) is 1.37. The van der Waals surface area contributed by atoms with Crippen LogP contribution in [0.3, 0.4) is 0 Å². The molecule has 0 bridgehead atoms. The standard InChI is InChI=1S/C23H22Cl3N5O3S/c1-30-4-6-31(7-5-30)11-13-12-35-23(20(13)26)29-22(34)19-16(8-15(25)9-17(19)32)21(33)28-18-3-2-14(24)10-27-18/h2-3,8-10,12,32H,4-7,11H2,1H3,(H,29,34)(H,27,28,33). The number of nitrogens with zero attached hydrogens (tertiary/aromatic N) is 3. The first-order valence-electron chi connectivity index (χ1n) is 10.6. The smallest absolute Gasteiger partial charge is 0.260 e. The van der Waals surface area contributed by atoms with E-state index in [1.54, 1.807) is 6.07 Å². The lowest BCUT2D eigenvalue weighted by Crippen LogP contribution is -2.43. The van der Waals surface area contributed by atoms with Crippen molar-refractivity contribution >= 4 is 68.8 Å². The van der Waals surface area contributed by atoms with E-state index in [1.807, 2.05) is 5.38 Å². The first-order valence-corrected chi connectivity index (χ1v) is 12.7. The van der Waals surface area contributed by atoms with E-state index >= 15 is 0 Å². The maximum atomic E-state index is 13.2. The number of benzene rings is 1. The Hall–Kier alpha value is -2.40. The zero-order valence-corrected chi connectivity index (χ0v) is 21.7. The van der Waals surface area contributed by atoms with Gasteiger partial charge in [-0.05, 0) is 42.3 Å². The molecule has 184 valence electrons. The number of phenols is 1. The number of rotatable bonds is 6. The first-order chi connectivity index (χ1) is 16.7. The van der Waals surface area contributed by atoms with Crippen LogP contribution in [0.1, 0.15) is 26.3 Å². The van der Waals surface area contributed by atoms with Gasteiger partial charge in [-0.25, -0.2) is 4.98 Å². The number of aromatic hydroxyl groups is 1. The number of aromatic nitrogens is 1. The van der Waals surface area contributed by atoms with Gasteiger partial charge in [-0.1, -0.05) is 34.8 Å². The monoisotopic (exact) mass is 553 g/mol. The number of halogens is 3. The number of carbonyl (C=O) groups is 2. The highest BCUT2D eigenvalue weighted by Gasteiger charge is 2.25. The Bertz CT molecular complexity index is 1240. The second-order valence-electron chi connectivity index (χ2n) is 8.10. The van der Waals surface area contributed by atoms with Gasteiger partial charge in [-0.2, -0.15) is 0 Å². The minimum absolute atomic E-state index is 0.0943. The predicted octanol–water partition coefficient (Wildman–Crippen LogP) is 5.06. The van der Waals surface area contributed by atoms with Crippen molar-refractivity contribution in [3.05, 3.63) is 67.6 Å². The van der Waals surface area contributed by atoms with Crippen molar-refractivity contribution in [1.82, 2.24) is 14.8 Å². The van der Waals surface area contributed by atoms with Crippen LogP contribution in [0.2, 0.25) is 15.1 Å². The van der Waals surface area contributed by atoms with E-state index in [9.17, 15) is 14.7 Å². The number of hydrogen-bond acceptors (Lipinski definition) is 7. The lowest BCUT2D eigenvalue weighted by molar-refractivity contribution is 0.0988. The Labute approximate surface area is 221 Å². The zero-order valence-electron chi connectivity index (χ0n) is 18.6. The number of likely N-dealkylation sites (N-methyl/N-ethyl adjacent to an activating group) is 1. The molecule has 0 spiro atoms. The predicted molar refractivity (Wildman–Crippen MR) is 140 cm³/mol. The van der Waals surface area contributed by atoms with Crippen LogP contribution in [0.15, 0.2) is 35.8 Å². The molecule has 3 N–H and O–H groups in total. The lowest BCUT2D eigenvalue weighted by atomic mass is 10.0. The highest BCUT2D eigenvalue weighted by atomic mass is 35.5. The highest BCUT2D eigenvalue weighted by Crippen LogP contribution is 2.36. The third-order valence-electron chi connectivity index (χ3n) is 5.54. The van der Waals surface area contributed by atoms with Crippen LogP contribution in [0.5, 0.6) is 5.75 Å². The number of phenolic OH excluding ortho intramolecular Hbond substituents is 1. The quantitative estimate of drug-likeness (QED) is 0.394. The number of hydrogen-bond donors (Lipinski definition) is 3. The summed E-state index contributed by atoms with van der Waals surface area (Å²) in [5.74, 6) is -1.58. The Morgan fingerprint density at radius 1 is 1.06 bits per heavy atom. The fraction of sp³-hybridized carbons (Fsp3) is 0.261. The van der Waals surface area contributed by atoms with Crippen LogP contribution in [0.4, 0.5) is 10.8 Å². The van der Waals surface area contributed by atoms with Gasteiger partial charge in [0.1, 0.15) is 16.6 Å². The molecule has 1 aliphatic heterocycles. The van der Waals surface area contributed by atoms with E-state index in [-0.39, 0.29) is 22.0 Å². The van der Waals surface area contributed by atoms with Gasteiger partial charge in [0.05, 0.1) is 21.2 Å². The van der Waals surface area contributed by atoms with Gasteiger partial charge in [-0.15, -0.1) is 11.3 Å². The van der Waals surface area contributed by atoms with Crippen molar-refractivity contribution in [3.8, 4) is 5.75 Å². The third-order valence-corrected chi connectivity index (χ3v) is 7.47. The molecule has 1 saturated heterocycles. The summed E-state index contributed by atoms with van der Waals surface area (Å²) < 4.78 is 0. The van der Waals surface area contributed by atoms with Crippen molar-refractivity contribution in [2.24, 2.45) is 0 Å². The summed E-state index contributed by atoms with van der Waals surface area (Å²) in [5, 5.41) is 19.0. The van der Waals surface area contributed by atoms with E-state index in [0.29, 0.717) is 21.6 Å². The van der Waals surface area contributed by atoms with Crippen LogP contribution in [-0.4, -0.2) is 64.9 Å². The number of piperazine rings is 1. The maximum absolute atomic E-state index is 13.2. The van der Waals surface area contributed by atoms with Crippen LogP contribution in [0, 0.1) is 0 Å². The molecule has 1 aliphatic rings. The molecule has 35 heavy (non-hydrogen) atoms. The number of carbonyl (C=O) groups excluding carboxylic acids is 2. The highest BCUT2D eigenvalue weighted by molar-refractivity contribution is 7.15. The molecule has 0 aliphatic carbocycles. The molecule has 0 radical (unpaired) electrons. The third kappa shape index (κ3) is 6.24. The summed E-state index contributed by atoms with van der Waals surface area (Å²) in [5.41, 5.74) is 0.559. The van der Waals surface area contributed by atoms with E-state index in [1.165, 1.54) is 35.7 Å². The largest absolute Gasteiger partial charge is 0.507 e. The number of nitrogens with one attached hydrogen (secondary N) is 2. The van der Waals surface area contributed by atoms with Gasteiger partial charge < -0.3 is 20.6 Å². The number of pyridine rings is 1. The molecule has 0 unspecified atom stereocenters.